The third kappa shape index (κ3) is 4.86. The van der Waals surface area contributed by atoms with Crippen molar-refractivity contribution >= 4 is 17.6 Å². The molecule has 0 bridgehead atoms. The summed E-state index contributed by atoms with van der Waals surface area (Å²) in [7, 11) is 2.11. The van der Waals surface area contributed by atoms with E-state index in [1.807, 2.05) is 18.0 Å². The van der Waals surface area contributed by atoms with Crippen LogP contribution in [0.3, 0.4) is 0 Å². The summed E-state index contributed by atoms with van der Waals surface area (Å²) in [5.74, 6) is 2.24. The summed E-state index contributed by atoms with van der Waals surface area (Å²) in [6, 6.07) is 2.24. The van der Waals surface area contributed by atoms with Gasteiger partial charge in [-0.05, 0) is 43.3 Å². The fourth-order valence-electron chi connectivity index (χ4n) is 1.87. The zero-order chi connectivity index (χ0) is 13.4. The van der Waals surface area contributed by atoms with Crippen molar-refractivity contribution in [1.29, 1.82) is 0 Å². The number of anilines is 1. The molecular weight excluding hydrogens is 242 g/mol. The molecule has 1 rings (SSSR count). The minimum absolute atomic E-state index is 0.913. The van der Waals surface area contributed by atoms with Gasteiger partial charge in [0.15, 0.2) is 0 Å². The first kappa shape index (κ1) is 15.3. The Kier molecular flexibility index (Phi) is 7.13. The van der Waals surface area contributed by atoms with E-state index in [1.54, 1.807) is 0 Å². The topological polar surface area (TPSA) is 28.2 Å². The second-order valence-electron chi connectivity index (χ2n) is 4.58. The number of hydrogen-bond donors (Lipinski definition) is 1. The molecule has 0 unspecified atom stereocenters. The molecule has 0 amide bonds. The van der Waals surface area contributed by atoms with Crippen LogP contribution < -0.4 is 10.2 Å². The number of rotatable bonds is 8. The van der Waals surface area contributed by atoms with Gasteiger partial charge in [-0.25, -0.2) is 4.98 Å². The Morgan fingerprint density at radius 2 is 2.22 bits per heavy atom. The molecule has 0 aliphatic rings. The molecule has 1 heterocycles. The highest BCUT2D eigenvalue weighted by atomic mass is 32.2. The quantitative estimate of drug-likeness (QED) is 0.733. The SMILES string of the molecule is CCCNCc1cnc(N(C)CCSC)c(C)c1. The van der Waals surface area contributed by atoms with Gasteiger partial charge in [0.05, 0.1) is 0 Å². The van der Waals surface area contributed by atoms with Gasteiger partial charge in [-0.1, -0.05) is 6.92 Å². The van der Waals surface area contributed by atoms with E-state index < -0.39 is 0 Å². The number of pyridine rings is 1. The Labute approximate surface area is 115 Å². The summed E-state index contributed by atoms with van der Waals surface area (Å²) in [5, 5.41) is 3.40. The molecule has 18 heavy (non-hydrogen) atoms. The smallest absolute Gasteiger partial charge is 0.131 e. The first-order chi connectivity index (χ1) is 8.69. The normalized spacial score (nSPS) is 10.7. The van der Waals surface area contributed by atoms with Gasteiger partial charge in [-0.3, -0.25) is 0 Å². The third-order valence-electron chi connectivity index (χ3n) is 2.86. The summed E-state index contributed by atoms with van der Waals surface area (Å²) in [5.41, 5.74) is 2.53. The van der Waals surface area contributed by atoms with Crippen LogP contribution in [0.2, 0.25) is 0 Å². The van der Waals surface area contributed by atoms with Gasteiger partial charge in [0.1, 0.15) is 5.82 Å². The molecule has 0 atom stereocenters. The first-order valence-corrected chi connectivity index (χ1v) is 7.94. The van der Waals surface area contributed by atoms with Gasteiger partial charge in [0.2, 0.25) is 0 Å². The first-order valence-electron chi connectivity index (χ1n) is 6.55. The van der Waals surface area contributed by atoms with E-state index in [-0.39, 0.29) is 0 Å². The largest absolute Gasteiger partial charge is 0.359 e. The predicted octanol–water partition coefficient (Wildman–Crippen LogP) is 2.69. The Morgan fingerprint density at radius 3 is 2.83 bits per heavy atom. The molecule has 1 N–H and O–H groups in total. The number of hydrogen-bond acceptors (Lipinski definition) is 4. The summed E-state index contributed by atoms with van der Waals surface area (Å²) < 4.78 is 0. The highest BCUT2D eigenvalue weighted by molar-refractivity contribution is 7.98. The van der Waals surface area contributed by atoms with Crippen molar-refractivity contribution < 1.29 is 0 Å². The molecule has 0 aliphatic heterocycles. The van der Waals surface area contributed by atoms with E-state index in [0.29, 0.717) is 0 Å². The highest BCUT2D eigenvalue weighted by Crippen LogP contribution is 2.16. The lowest BCUT2D eigenvalue weighted by molar-refractivity contribution is 0.673. The number of thioether (sulfide) groups is 1. The van der Waals surface area contributed by atoms with Crippen LogP contribution in [0.5, 0.6) is 0 Å². The van der Waals surface area contributed by atoms with Gasteiger partial charge >= 0.3 is 0 Å². The zero-order valence-corrected chi connectivity index (χ0v) is 12.8. The molecule has 0 radical (unpaired) electrons. The lowest BCUT2D eigenvalue weighted by atomic mass is 10.2. The molecule has 3 nitrogen and oxygen atoms in total. The summed E-state index contributed by atoms with van der Waals surface area (Å²) in [4.78, 5) is 6.82. The number of aryl methyl sites for hydroxylation is 1. The second-order valence-corrected chi connectivity index (χ2v) is 5.56. The molecule has 0 aliphatic carbocycles. The van der Waals surface area contributed by atoms with Crippen molar-refractivity contribution in [1.82, 2.24) is 10.3 Å². The summed E-state index contributed by atoms with van der Waals surface area (Å²) in [6.45, 7) is 7.34. The van der Waals surface area contributed by atoms with Crippen LogP contribution in [0.1, 0.15) is 24.5 Å². The second kappa shape index (κ2) is 8.38. The van der Waals surface area contributed by atoms with Crippen LogP contribution in [-0.2, 0) is 6.54 Å². The average Bonchev–Trinajstić information content (AvgIpc) is 2.36. The standard InChI is InChI=1S/C14H25N3S/c1-5-6-15-10-13-9-12(2)14(16-11-13)17(3)7-8-18-4/h9,11,15H,5-8,10H2,1-4H3. The van der Waals surface area contributed by atoms with Gasteiger partial charge in [-0.15, -0.1) is 0 Å². The van der Waals surface area contributed by atoms with Gasteiger partial charge < -0.3 is 10.2 Å². The molecule has 0 aromatic carbocycles. The van der Waals surface area contributed by atoms with Gasteiger partial charge in [-0.2, -0.15) is 11.8 Å². The molecule has 1 aromatic rings. The average molecular weight is 267 g/mol. The summed E-state index contributed by atoms with van der Waals surface area (Å²) >= 11 is 1.87. The summed E-state index contributed by atoms with van der Waals surface area (Å²) in [6.07, 6.45) is 5.29. The van der Waals surface area contributed by atoms with Crippen LogP contribution in [-0.4, -0.2) is 37.1 Å². The predicted molar refractivity (Wildman–Crippen MR) is 82.6 cm³/mol. The van der Waals surface area contributed by atoms with Gasteiger partial charge in [0, 0.05) is 32.1 Å². The lowest BCUT2D eigenvalue weighted by Crippen LogP contribution is -2.22. The minimum atomic E-state index is 0.913. The van der Waals surface area contributed by atoms with Crippen molar-refractivity contribution in [2.24, 2.45) is 0 Å². The van der Waals surface area contributed by atoms with Crippen LogP contribution >= 0.6 is 11.8 Å². The third-order valence-corrected chi connectivity index (χ3v) is 3.45. The van der Waals surface area contributed by atoms with E-state index in [2.05, 4.69) is 48.4 Å². The van der Waals surface area contributed by atoms with Crippen LogP contribution in [0.4, 0.5) is 5.82 Å². The van der Waals surface area contributed by atoms with E-state index in [9.17, 15) is 0 Å². The van der Waals surface area contributed by atoms with E-state index >= 15 is 0 Å². The Balaban J connectivity index is 2.61. The van der Waals surface area contributed by atoms with E-state index in [1.165, 1.54) is 17.5 Å². The molecule has 4 heteroatoms. The number of aromatic nitrogens is 1. The maximum Gasteiger partial charge on any atom is 0.131 e. The Bertz CT molecular complexity index is 355. The van der Waals surface area contributed by atoms with E-state index in [0.717, 1.165) is 31.2 Å². The van der Waals surface area contributed by atoms with Crippen molar-refractivity contribution in [3.63, 3.8) is 0 Å². The maximum atomic E-state index is 4.59. The highest BCUT2D eigenvalue weighted by Gasteiger charge is 2.06. The number of nitrogens with one attached hydrogen (secondary N) is 1. The van der Waals surface area contributed by atoms with Crippen molar-refractivity contribution in [3.8, 4) is 0 Å². The van der Waals surface area contributed by atoms with Crippen molar-refractivity contribution in [2.75, 3.05) is 37.0 Å². The van der Waals surface area contributed by atoms with Crippen LogP contribution in [0, 0.1) is 6.92 Å². The van der Waals surface area contributed by atoms with Crippen molar-refractivity contribution in [3.05, 3.63) is 23.4 Å². The Morgan fingerprint density at radius 1 is 1.44 bits per heavy atom. The van der Waals surface area contributed by atoms with Gasteiger partial charge in [0.25, 0.3) is 0 Å². The zero-order valence-electron chi connectivity index (χ0n) is 12.0. The van der Waals surface area contributed by atoms with Crippen LogP contribution in [0.25, 0.3) is 0 Å². The molecular formula is C14H25N3S. The molecule has 0 saturated carbocycles. The fourth-order valence-corrected chi connectivity index (χ4v) is 2.32. The molecule has 102 valence electrons. The molecule has 1 aromatic heterocycles. The minimum Gasteiger partial charge on any atom is -0.359 e. The monoisotopic (exact) mass is 267 g/mol. The number of nitrogens with zero attached hydrogens (tertiary/aromatic N) is 2. The Hall–Kier alpha value is -0.740. The lowest BCUT2D eigenvalue weighted by Gasteiger charge is -2.20. The van der Waals surface area contributed by atoms with E-state index in [4.69, 9.17) is 0 Å². The molecule has 0 saturated heterocycles. The van der Waals surface area contributed by atoms with Crippen molar-refractivity contribution in [2.45, 2.75) is 26.8 Å². The fraction of sp³-hybridized carbons (Fsp3) is 0.643. The maximum absolute atomic E-state index is 4.59. The molecule has 0 fully saturated rings. The molecule has 0 spiro atoms. The van der Waals surface area contributed by atoms with Crippen LogP contribution in [0.15, 0.2) is 12.3 Å².